The van der Waals surface area contributed by atoms with Gasteiger partial charge in [-0.2, -0.15) is 5.10 Å². The molecule has 0 unspecified atom stereocenters. The van der Waals surface area contributed by atoms with E-state index in [1.165, 1.54) is 0 Å². The Hall–Kier alpha value is -4.01. The number of carbonyl (C=O) groups is 2. The predicted octanol–water partition coefficient (Wildman–Crippen LogP) is 4.98. The van der Waals surface area contributed by atoms with Crippen LogP contribution in [-0.4, -0.2) is 66.1 Å². The van der Waals surface area contributed by atoms with Gasteiger partial charge in [0.15, 0.2) is 11.5 Å². The lowest BCUT2D eigenvalue weighted by molar-refractivity contribution is 0.0203. The summed E-state index contributed by atoms with van der Waals surface area (Å²) in [4.78, 5) is 27.7. The Balaban J connectivity index is 1.49. The van der Waals surface area contributed by atoms with E-state index in [1.807, 2.05) is 74.0 Å². The summed E-state index contributed by atoms with van der Waals surface area (Å²) in [5, 5.41) is 7.68. The molecule has 4 rings (SSSR count). The van der Waals surface area contributed by atoms with Crippen molar-refractivity contribution in [2.45, 2.75) is 51.6 Å². The van der Waals surface area contributed by atoms with Gasteiger partial charge in [-0.3, -0.25) is 4.79 Å². The summed E-state index contributed by atoms with van der Waals surface area (Å²) in [6, 6.07) is 15.6. The van der Waals surface area contributed by atoms with Crippen molar-refractivity contribution in [1.82, 2.24) is 20.0 Å². The maximum Gasteiger partial charge on any atom is 0.410 e. The second-order valence-corrected chi connectivity index (χ2v) is 10.6. The molecule has 1 aliphatic heterocycles. The molecule has 0 radical (unpaired) electrons. The second-order valence-electron chi connectivity index (χ2n) is 10.6. The van der Waals surface area contributed by atoms with Crippen LogP contribution in [0.2, 0.25) is 0 Å². The van der Waals surface area contributed by atoms with Crippen LogP contribution in [0, 0.1) is 0 Å². The Kier molecular flexibility index (Phi) is 8.79. The highest BCUT2D eigenvalue weighted by Crippen LogP contribution is 2.33. The fourth-order valence-corrected chi connectivity index (χ4v) is 4.81. The van der Waals surface area contributed by atoms with Crippen LogP contribution in [-0.2, 0) is 11.2 Å². The van der Waals surface area contributed by atoms with Crippen molar-refractivity contribution < 1.29 is 23.8 Å². The molecule has 3 aromatic rings. The van der Waals surface area contributed by atoms with Gasteiger partial charge in [-0.25, -0.2) is 9.48 Å². The summed E-state index contributed by atoms with van der Waals surface area (Å²) >= 11 is 0. The number of likely N-dealkylation sites (tertiary alicyclic amines) is 1. The first-order valence-electron chi connectivity index (χ1n) is 13.3. The van der Waals surface area contributed by atoms with E-state index in [0.29, 0.717) is 56.0 Å². The number of rotatable bonds is 8. The molecule has 208 valence electrons. The molecule has 0 aliphatic carbocycles. The van der Waals surface area contributed by atoms with Gasteiger partial charge in [0, 0.05) is 25.6 Å². The van der Waals surface area contributed by atoms with Gasteiger partial charge in [-0.15, -0.1) is 0 Å². The monoisotopic (exact) mass is 534 g/mol. The molecule has 9 nitrogen and oxygen atoms in total. The molecule has 2 aromatic carbocycles. The summed E-state index contributed by atoms with van der Waals surface area (Å²) < 4.78 is 18.1. The first-order valence-corrected chi connectivity index (χ1v) is 13.3. The Morgan fingerprint density at radius 3 is 2.33 bits per heavy atom. The van der Waals surface area contributed by atoms with Crippen molar-refractivity contribution >= 4 is 12.0 Å². The molecule has 0 spiro atoms. The molecule has 9 heteroatoms. The molecule has 0 saturated carbocycles. The Morgan fingerprint density at radius 2 is 1.69 bits per heavy atom. The summed E-state index contributed by atoms with van der Waals surface area (Å²) in [5.41, 5.74) is 2.81. The molecule has 1 saturated heterocycles. The number of methoxy groups -OCH3 is 2. The molecule has 0 bridgehead atoms. The summed E-state index contributed by atoms with van der Waals surface area (Å²) in [6.07, 6.45) is 3.41. The van der Waals surface area contributed by atoms with E-state index < -0.39 is 5.60 Å². The van der Waals surface area contributed by atoms with Crippen LogP contribution in [0.4, 0.5) is 4.79 Å². The number of nitrogens with zero attached hydrogens (tertiary/aromatic N) is 3. The highest BCUT2D eigenvalue weighted by atomic mass is 16.6. The number of amides is 2. The number of nitrogens with one attached hydrogen (secondary N) is 1. The van der Waals surface area contributed by atoms with Gasteiger partial charge in [0.25, 0.3) is 5.91 Å². The summed E-state index contributed by atoms with van der Waals surface area (Å²) in [5.74, 6) is 1.23. The number of aromatic nitrogens is 2. The van der Waals surface area contributed by atoms with Crippen molar-refractivity contribution in [3.63, 3.8) is 0 Å². The highest BCUT2D eigenvalue weighted by Gasteiger charge is 2.32. The minimum Gasteiger partial charge on any atom is -0.493 e. The zero-order chi connectivity index (χ0) is 28.0. The molecule has 1 aromatic heterocycles. The van der Waals surface area contributed by atoms with Crippen LogP contribution in [0.1, 0.15) is 61.1 Å². The van der Waals surface area contributed by atoms with Crippen LogP contribution in [0.15, 0.2) is 54.7 Å². The lowest BCUT2D eigenvalue weighted by Gasteiger charge is -2.34. The van der Waals surface area contributed by atoms with Crippen molar-refractivity contribution in [3.05, 3.63) is 71.5 Å². The number of benzene rings is 2. The van der Waals surface area contributed by atoms with Crippen molar-refractivity contribution in [1.29, 1.82) is 0 Å². The van der Waals surface area contributed by atoms with Crippen LogP contribution in [0.5, 0.6) is 11.5 Å². The standard InChI is InChI=1S/C30H38N4O5/c1-30(2,3)39-29(36)33-17-14-22(15-18-33)27-24(20-32-34(27)23-9-7-6-8-10-23)28(35)31-16-13-21-11-12-25(37-4)26(19-21)38-5/h6-12,19-20,22H,13-18H2,1-5H3,(H,31,35). The molecule has 1 fully saturated rings. The van der Waals surface area contributed by atoms with Gasteiger partial charge >= 0.3 is 6.09 Å². The zero-order valence-corrected chi connectivity index (χ0v) is 23.4. The van der Waals surface area contributed by atoms with E-state index in [9.17, 15) is 9.59 Å². The van der Waals surface area contributed by atoms with Gasteiger partial charge < -0.3 is 24.4 Å². The summed E-state index contributed by atoms with van der Waals surface area (Å²) in [7, 11) is 3.21. The van der Waals surface area contributed by atoms with Crippen molar-refractivity contribution in [2.75, 3.05) is 33.9 Å². The van der Waals surface area contributed by atoms with Crippen molar-refractivity contribution in [2.24, 2.45) is 0 Å². The SMILES string of the molecule is COc1ccc(CCNC(=O)c2cnn(-c3ccccc3)c2C2CCN(C(=O)OC(C)(C)C)CC2)cc1OC. The zero-order valence-electron chi connectivity index (χ0n) is 23.4. The third kappa shape index (κ3) is 6.90. The number of carbonyl (C=O) groups excluding carboxylic acids is 2. The van der Waals surface area contributed by atoms with E-state index >= 15 is 0 Å². The Labute approximate surface area is 230 Å². The highest BCUT2D eigenvalue weighted by molar-refractivity contribution is 5.95. The minimum absolute atomic E-state index is 0.0676. The van der Waals surface area contributed by atoms with E-state index in [0.717, 1.165) is 16.9 Å². The first-order chi connectivity index (χ1) is 18.7. The third-order valence-corrected chi connectivity index (χ3v) is 6.73. The van der Waals surface area contributed by atoms with E-state index in [-0.39, 0.29) is 17.9 Å². The number of hydrogen-bond acceptors (Lipinski definition) is 6. The molecule has 1 N–H and O–H groups in total. The Morgan fingerprint density at radius 1 is 1.00 bits per heavy atom. The van der Waals surface area contributed by atoms with Crippen molar-refractivity contribution in [3.8, 4) is 17.2 Å². The first kappa shape index (κ1) is 28.0. The molecule has 0 atom stereocenters. The second kappa shape index (κ2) is 12.2. The van der Waals surface area contributed by atoms with Crippen LogP contribution >= 0.6 is 0 Å². The minimum atomic E-state index is -0.540. The molecule has 39 heavy (non-hydrogen) atoms. The van der Waals surface area contributed by atoms with Gasteiger partial charge in [-0.1, -0.05) is 24.3 Å². The van der Waals surface area contributed by atoms with Crippen LogP contribution in [0.25, 0.3) is 5.69 Å². The average Bonchev–Trinajstić information content (AvgIpc) is 3.38. The molecular formula is C30H38N4O5. The lowest BCUT2D eigenvalue weighted by atomic mass is 9.91. The van der Waals surface area contributed by atoms with Crippen LogP contribution < -0.4 is 14.8 Å². The van der Waals surface area contributed by atoms with E-state index in [4.69, 9.17) is 14.2 Å². The fraction of sp³-hybridized carbons (Fsp3) is 0.433. The molecule has 2 heterocycles. The fourth-order valence-electron chi connectivity index (χ4n) is 4.81. The summed E-state index contributed by atoms with van der Waals surface area (Å²) in [6.45, 7) is 7.17. The maximum atomic E-state index is 13.4. The van der Waals surface area contributed by atoms with Gasteiger partial charge in [0.05, 0.1) is 37.4 Å². The number of para-hydroxylation sites is 1. The normalized spacial score (nSPS) is 14.1. The lowest BCUT2D eigenvalue weighted by Crippen LogP contribution is -2.41. The molecular weight excluding hydrogens is 496 g/mol. The van der Waals surface area contributed by atoms with E-state index in [2.05, 4.69) is 10.4 Å². The van der Waals surface area contributed by atoms with E-state index in [1.54, 1.807) is 25.3 Å². The molecule has 1 aliphatic rings. The Bertz CT molecular complexity index is 1270. The topological polar surface area (TPSA) is 94.9 Å². The smallest absolute Gasteiger partial charge is 0.410 e. The number of hydrogen-bond donors (Lipinski definition) is 1. The maximum absolute atomic E-state index is 13.4. The number of ether oxygens (including phenoxy) is 3. The number of piperidine rings is 1. The quantitative estimate of drug-likeness (QED) is 0.438. The van der Waals surface area contributed by atoms with Gasteiger partial charge in [0.1, 0.15) is 5.60 Å². The van der Waals surface area contributed by atoms with Gasteiger partial charge in [0.2, 0.25) is 0 Å². The molecule has 2 amide bonds. The van der Waals surface area contributed by atoms with Crippen LogP contribution in [0.3, 0.4) is 0 Å². The predicted molar refractivity (Wildman–Crippen MR) is 149 cm³/mol. The van der Waals surface area contributed by atoms with Gasteiger partial charge in [-0.05, 0) is 69.9 Å². The average molecular weight is 535 g/mol. The third-order valence-electron chi connectivity index (χ3n) is 6.73. The largest absolute Gasteiger partial charge is 0.493 e.